The second kappa shape index (κ2) is 8.32. The summed E-state index contributed by atoms with van der Waals surface area (Å²) in [6.45, 7) is 1.35. The summed E-state index contributed by atoms with van der Waals surface area (Å²) in [4.78, 5) is 26.6. The number of aromatic nitrogens is 3. The third kappa shape index (κ3) is 4.07. The number of aromatic carboxylic acids is 1. The lowest BCUT2D eigenvalue weighted by atomic mass is 9.90. The number of pyridine rings is 1. The number of para-hydroxylation sites is 2. The quantitative estimate of drug-likeness (QED) is 0.478. The van der Waals surface area contributed by atoms with Gasteiger partial charge in [0.1, 0.15) is 5.82 Å². The summed E-state index contributed by atoms with van der Waals surface area (Å²) < 4.78 is 0. The number of fused-ring (bicyclic) bond motifs is 2. The highest BCUT2D eigenvalue weighted by atomic mass is 16.4. The number of carbonyl (C=O) groups is 1. The van der Waals surface area contributed by atoms with Gasteiger partial charge in [0.05, 0.1) is 34.9 Å². The van der Waals surface area contributed by atoms with E-state index in [0.29, 0.717) is 18.7 Å². The average molecular weight is 412 g/mol. The lowest BCUT2D eigenvalue weighted by molar-refractivity contribution is 0.0697. The lowest BCUT2D eigenvalue weighted by Gasteiger charge is -2.34. The first-order chi connectivity index (χ1) is 15.2. The minimum Gasteiger partial charge on any atom is -0.478 e. The molecule has 4 aromatic rings. The van der Waals surface area contributed by atoms with Crippen LogP contribution in [0.1, 0.15) is 51.9 Å². The molecule has 0 aliphatic heterocycles. The van der Waals surface area contributed by atoms with Crippen molar-refractivity contribution in [3.63, 3.8) is 0 Å². The lowest BCUT2D eigenvalue weighted by Crippen LogP contribution is -2.31. The molecule has 5 rings (SSSR count). The molecule has 0 radical (unpaired) electrons. The Morgan fingerprint density at radius 1 is 1.06 bits per heavy atom. The summed E-state index contributed by atoms with van der Waals surface area (Å²) in [7, 11) is 0. The van der Waals surface area contributed by atoms with Gasteiger partial charge in [-0.3, -0.25) is 9.88 Å². The molecule has 0 amide bonds. The van der Waals surface area contributed by atoms with Gasteiger partial charge in [-0.1, -0.05) is 30.3 Å². The molecule has 2 N–H and O–H groups in total. The van der Waals surface area contributed by atoms with Crippen LogP contribution in [0, 0.1) is 0 Å². The van der Waals surface area contributed by atoms with Crippen molar-refractivity contribution in [1.29, 1.82) is 0 Å². The zero-order valence-corrected chi connectivity index (χ0v) is 17.2. The van der Waals surface area contributed by atoms with E-state index in [2.05, 4.69) is 16.0 Å². The molecule has 31 heavy (non-hydrogen) atoms. The fraction of sp³-hybridized carbons (Fsp3) is 0.240. The zero-order valence-electron chi connectivity index (χ0n) is 17.2. The average Bonchev–Trinajstić information content (AvgIpc) is 3.21. The first kappa shape index (κ1) is 19.5. The van der Waals surface area contributed by atoms with Crippen molar-refractivity contribution in [1.82, 2.24) is 19.9 Å². The Morgan fingerprint density at radius 2 is 1.90 bits per heavy atom. The van der Waals surface area contributed by atoms with Crippen LogP contribution in [0.3, 0.4) is 0 Å². The Balaban J connectivity index is 1.48. The van der Waals surface area contributed by atoms with E-state index in [0.717, 1.165) is 47.4 Å². The molecule has 0 fully saturated rings. The normalized spacial score (nSPS) is 15.8. The van der Waals surface area contributed by atoms with Crippen LogP contribution in [0.5, 0.6) is 0 Å². The number of aromatic amines is 1. The van der Waals surface area contributed by atoms with Crippen LogP contribution >= 0.6 is 0 Å². The Labute approximate surface area is 180 Å². The highest BCUT2D eigenvalue weighted by Gasteiger charge is 2.28. The summed E-state index contributed by atoms with van der Waals surface area (Å²) in [5.74, 6) is 0.0162. The predicted octanol–water partition coefficient (Wildman–Crippen LogP) is 4.74. The van der Waals surface area contributed by atoms with Crippen LogP contribution in [0.2, 0.25) is 0 Å². The Kier molecular flexibility index (Phi) is 5.22. The first-order valence-corrected chi connectivity index (χ1v) is 10.6. The summed E-state index contributed by atoms with van der Waals surface area (Å²) in [5.41, 5.74) is 5.83. The Bertz CT molecular complexity index is 1180. The Morgan fingerprint density at radius 3 is 2.71 bits per heavy atom. The van der Waals surface area contributed by atoms with Gasteiger partial charge in [-0.05, 0) is 60.7 Å². The van der Waals surface area contributed by atoms with Crippen molar-refractivity contribution in [3.8, 4) is 0 Å². The predicted molar refractivity (Wildman–Crippen MR) is 119 cm³/mol. The molecule has 6 heteroatoms. The van der Waals surface area contributed by atoms with E-state index >= 15 is 0 Å². The third-order valence-corrected chi connectivity index (χ3v) is 5.98. The summed E-state index contributed by atoms with van der Waals surface area (Å²) in [5, 5.41) is 9.20. The standard InChI is InChI=1S/C25H24N4O2/c30-25(31)19-12-10-17(11-13-19)15-29(16-23-27-20-7-1-2-8-21(20)28-23)22-9-3-5-18-6-4-14-26-24(18)22/h1-2,4,6-8,10-14,22H,3,5,9,15-16H2,(H,27,28)(H,30,31). The molecule has 1 aliphatic rings. The van der Waals surface area contributed by atoms with Crippen LogP contribution in [-0.4, -0.2) is 30.9 Å². The molecule has 1 atom stereocenters. The van der Waals surface area contributed by atoms with Gasteiger partial charge in [0.25, 0.3) is 0 Å². The molecule has 2 aromatic heterocycles. The van der Waals surface area contributed by atoms with Gasteiger partial charge in [-0.15, -0.1) is 0 Å². The van der Waals surface area contributed by atoms with Gasteiger partial charge in [0.15, 0.2) is 0 Å². The number of carboxylic acid groups (broad SMARTS) is 1. The number of rotatable bonds is 6. The third-order valence-electron chi connectivity index (χ3n) is 5.98. The van der Waals surface area contributed by atoms with Gasteiger partial charge >= 0.3 is 5.97 Å². The molecule has 2 heterocycles. The molecule has 0 spiro atoms. The van der Waals surface area contributed by atoms with Crippen molar-refractivity contribution in [2.45, 2.75) is 38.4 Å². The summed E-state index contributed by atoms with van der Waals surface area (Å²) in [6.07, 6.45) is 5.10. The van der Waals surface area contributed by atoms with Gasteiger partial charge in [0.2, 0.25) is 0 Å². The van der Waals surface area contributed by atoms with Crippen molar-refractivity contribution in [2.24, 2.45) is 0 Å². The number of aryl methyl sites for hydroxylation is 1. The van der Waals surface area contributed by atoms with E-state index in [9.17, 15) is 9.90 Å². The number of nitrogens with one attached hydrogen (secondary N) is 1. The molecule has 156 valence electrons. The molecular formula is C25H24N4O2. The van der Waals surface area contributed by atoms with E-state index < -0.39 is 5.97 Å². The molecule has 6 nitrogen and oxygen atoms in total. The fourth-order valence-corrected chi connectivity index (χ4v) is 4.48. The smallest absolute Gasteiger partial charge is 0.335 e. The van der Waals surface area contributed by atoms with Crippen LogP contribution in [0.15, 0.2) is 66.9 Å². The first-order valence-electron chi connectivity index (χ1n) is 10.6. The van der Waals surface area contributed by atoms with E-state index in [-0.39, 0.29) is 6.04 Å². The number of H-pyrrole nitrogens is 1. The fourth-order valence-electron chi connectivity index (χ4n) is 4.48. The largest absolute Gasteiger partial charge is 0.478 e. The summed E-state index contributed by atoms with van der Waals surface area (Å²) >= 11 is 0. The van der Waals surface area contributed by atoms with Crippen molar-refractivity contribution in [2.75, 3.05) is 0 Å². The molecule has 1 aliphatic carbocycles. The molecule has 0 bridgehead atoms. The molecule has 1 unspecified atom stereocenters. The summed E-state index contributed by atoms with van der Waals surface area (Å²) in [6, 6.07) is 19.6. The molecule has 0 saturated heterocycles. The van der Waals surface area contributed by atoms with E-state index in [1.807, 2.05) is 48.7 Å². The minimum absolute atomic E-state index is 0.192. The highest BCUT2D eigenvalue weighted by Crippen LogP contribution is 2.34. The van der Waals surface area contributed by atoms with Crippen molar-refractivity contribution >= 4 is 17.0 Å². The second-order valence-corrected chi connectivity index (χ2v) is 8.06. The van der Waals surface area contributed by atoms with Gasteiger partial charge < -0.3 is 10.1 Å². The van der Waals surface area contributed by atoms with Gasteiger partial charge in [0, 0.05) is 12.7 Å². The SMILES string of the molecule is O=C(O)c1ccc(CN(Cc2nc3ccccc3[nH]2)C2CCCc3cccnc32)cc1. The van der Waals surface area contributed by atoms with Crippen molar-refractivity contribution < 1.29 is 9.90 Å². The maximum absolute atomic E-state index is 11.2. The zero-order chi connectivity index (χ0) is 21.2. The highest BCUT2D eigenvalue weighted by molar-refractivity contribution is 5.87. The van der Waals surface area contributed by atoms with Crippen LogP contribution in [-0.2, 0) is 19.5 Å². The van der Waals surface area contributed by atoms with Gasteiger partial charge in [-0.2, -0.15) is 0 Å². The number of nitrogens with zero attached hydrogens (tertiary/aromatic N) is 3. The Hall–Kier alpha value is -3.51. The van der Waals surface area contributed by atoms with Crippen LogP contribution < -0.4 is 0 Å². The topological polar surface area (TPSA) is 82.1 Å². The second-order valence-electron chi connectivity index (χ2n) is 8.06. The van der Waals surface area contributed by atoms with Crippen LogP contribution in [0.25, 0.3) is 11.0 Å². The number of hydrogen-bond acceptors (Lipinski definition) is 4. The van der Waals surface area contributed by atoms with Crippen molar-refractivity contribution in [3.05, 3.63) is 95.1 Å². The maximum Gasteiger partial charge on any atom is 0.335 e. The maximum atomic E-state index is 11.2. The van der Waals surface area contributed by atoms with Crippen LogP contribution in [0.4, 0.5) is 0 Å². The van der Waals surface area contributed by atoms with E-state index in [1.54, 1.807) is 12.1 Å². The number of hydrogen-bond donors (Lipinski definition) is 2. The monoisotopic (exact) mass is 412 g/mol. The van der Waals surface area contributed by atoms with Gasteiger partial charge in [-0.25, -0.2) is 9.78 Å². The van der Waals surface area contributed by atoms with E-state index in [4.69, 9.17) is 9.97 Å². The van der Waals surface area contributed by atoms with E-state index in [1.165, 1.54) is 5.56 Å². The minimum atomic E-state index is -0.906. The number of benzene rings is 2. The molecule has 2 aromatic carbocycles. The molecular weight excluding hydrogens is 388 g/mol. The number of imidazole rings is 1. The number of carboxylic acids is 1. The molecule has 0 saturated carbocycles.